The average molecular weight is 319 g/mol. The standard InChI is InChI=1S/C13H25N3O4S/c1-5-21(19,20)15-10(4)13(18)16-7-6-14-12(17)11(16)8-9(2)3/h9-11,15H,5-8H2,1-4H3,(H,14,17)/t10-,11+/m0/s1. The molecule has 0 radical (unpaired) electrons. The third-order valence-electron chi connectivity index (χ3n) is 3.42. The summed E-state index contributed by atoms with van der Waals surface area (Å²) in [6.45, 7) is 7.78. The predicted molar refractivity (Wildman–Crippen MR) is 80.0 cm³/mol. The monoisotopic (exact) mass is 319 g/mol. The first-order valence-electron chi connectivity index (χ1n) is 7.26. The van der Waals surface area contributed by atoms with E-state index < -0.39 is 22.1 Å². The van der Waals surface area contributed by atoms with Crippen LogP contribution in [0.5, 0.6) is 0 Å². The number of nitrogens with one attached hydrogen (secondary N) is 2. The highest BCUT2D eigenvalue weighted by atomic mass is 32.2. The molecule has 0 spiro atoms. The largest absolute Gasteiger partial charge is 0.353 e. The van der Waals surface area contributed by atoms with Gasteiger partial charge in [0.2, 0.25) is 21.8 Å². The van der Waals surface area contributed by atoms with Crippen LogP contribution in [0.1, 0.15) is 34.1 Å². The van der Waals surface area contributed by atoms with Gasteiger partial charge in [-0.25, -0.2) is 13.1 Å². The van der Waals surface area contributed by atoms with E-state index in [1.165, 1.54) is 18.7 Å². The predicted octanol–water partition coefficient (Wildman–Crippen LogP) is -0.313. The normalized spacial score (nSPS) is 21.3. The van der Waals surface area contributed by atoms with E-state index in [-0.39, 0.29) is 23.5 Å². The highest BCUT2D eigenvalue weighted by Gasteiger charge is 2.35. The third-order valence-corrected chi connectivity index (χ3v) is 4.89. The SMILES string of the molecule is CCS(=O)(=O)N[C@@H](C)C(=O)N1CCNC(=O)[C@H]1CC(C)C. The number of rotatable bonds is 6. The Morgan fingerprint density at radius 3 is 2.57 bits per heavy atom. The van der Waals surface area contributed by atoms with Crippen molar-refractivity contribution in [2.75, 3.05) is 18.8 Å². The molecule has 1 aliphatic rings. The molecule has 8 heteroatoms. The molecule has 0 bridgehead atoms. The van der Waals surface area contributed by atoms with E-state index in [9.17, 15) is 18.0 Å². The summed E-state index contributed by atoms with van der Waals surface area (Å²) in [5.41, 5.74) is 0. The van der Waals surface area contributed by atoms with E-state index in [1.807, 2.05) is 13.8 Å². The Balaban J connectivity index is 2.84. The molecule has 2 atom stereocenters. The van der Waals surface area contributed by atoms with Gasteiger partial charge in [0.05, 0.1) is 11.8 Å². The van der Waals surface area contributed by atoms with Crippen molar-refractivity contribution in [1.82, 2.24) is 14.9 Å². The zero-order valence-electron chi connectivity index (χ0n) is 13.0. The van der Waals surface area contributed by atoms with Gasteiger partial charge in [0.25, 0.3) is 0 Å². The number of sulfonamides is 1. The number of hydrogen-bond donors (Lipinski definition) is 2. The molecule has 0 aromatic rings. The first-order chi connectivity index (χ1) is 9.68. The van der Waals surface area contributed by atoms with Crippen molar-refractivity contribution < 1.29 is 18.0 Å². The van der Waals surface area contributed by atoms with Crippen LogP contribution in [0, 0.1) is 5.92 Å². The summed E-state index contributed by atoms with van der Waals surface area (Å²) in [7, 11) is -3.45. The highest BCUT2D eigenvalue weighted by Crippen LogP contribution is 2.16. The summed E-state index contributed by atoms with van der Waals surface area (Å²) in [5, 5.41) is 2.75. The van der Waals surface area contributed by atoms with Crippen molar-refractivity contribution in [3.63, 3.8) is 0 Å². The molecule has 0 aromatic carbocycles. The van der Waals surface area contributed by atoms with E-state index in [2.05, 4.69) is 10.0 Å². The fourth-order valence-corrected chi connectivity index (χ4v) is 3.12. The summed E-state index contributed by atoms with van der Waals surface area (Å²) in [4.78, 5) is 25.9. The number of piperazine rings is 1. The molecule has 1 heterocycles. The summed E-state index contributed by atoms with van der Waals surface area (Å²) < 4.78 is 25.5. The minimum absolute atomic E-state index is 0.0828. The molecule has 1 rings (SSSR count). The van der Waals surface area contributed by atoms with Crippen molar-refractivity contribution in [1.29, 1.82) is 0 Å². The maximum atomic E-state index is 12.4. The Hall–Kier alpha value is -1.15. The summed E-state index contributed by atoms with van der Waals surface area (Å²) in [6.07, 6.45) is 0.560. The fourth-order valence-electron chi connectivity index (χ4n) is 2.31. The van der Waals surface area contributed by atoms with Crippen LogP contribution in [0.3, 0.4) is 0 Å². The number of amides is 2. The van der Waals surface area contributed by atoms with Crippen LogP contribution in [-0.4, -0.2) is 56.1 Å². The quantitative estimate of drug-likeness (QED) is 0.702. The summed E-state index contributed by atoms with van der Waals surface area (Å²) in [6, 6.07) is -1.39. The van der Waals surface area contributed by atoms with Crippen LogP contribution in [0.4, 0.5) is 0 Å². The third kappa shape index (κ3) is 4.96. The van der Waals surface area contributed by atoms with Crippen molar-refractivity contribution in [2.24, 2.45) is 5.92 Å². The van der Waals surface area contributed by atoms with Crippen LogP contribution >= 0.6 is 0 Å². The summed E-state index contributed by atoms with van der Waals surface area (Å²) >= 11 is 0. The van der Waals surface area contributed by atoms with Gasteiger partial charge < -0.3 is 10.2 Å². The Kier molecular flexibility index (Phi) is 6.15. The van der Waals surface area contributed by atoms with Crippen molar-refractivity contribution >= 4 is 21.8 Å². The van der Waals surface area contributed by atoms with Crippen LogP contribution < -0.4 is 10.0 Å². The van der Waals surface area contributed by atoms with Gasteiger partial charge in [-0.3, -0.25) is 9.59 Å². The van der Waals surface area contributed by atoms with Gasteiger partial charge in [0, 0.05) is 13.1 Å². The van der Waals surface area contributed by atoms with Gasteiger partial charge in [0.15, 0.2) is 0 Å². The zero-order chi connectivity index (χ0) is 16.2. The second-order valence-corrected chi connectivity index (χ2v) is 7.75. The van der Waals surface area contributed by atoms with Gasteiger partial charge in [-0.2, -0.15) is 0 Å². The lowest BCUT2D eigenvalue weighted by molar-refractivity contribution is -0.144. The molecule has 0 unspecified atom stereocenters. The molecule has 7 nitrogen and oxygen atoms in total. The fraction of sp³-hybridized carbons (Fsp3) is 0.846. The smallest absolute Gasteiger partial charge is 0.242 e. The average Bonchev–Trinajstić information content (AvgIpc) is 2.39. The number of nitrogens with zero attached hydrogens (tertiary/aromatic N) is 1. The molecular weight excluding hydrogens is 294 g/mol. The zero-order valence-corrected chi connectivity index (χ0v) is 13.9. The van der Waals surface area contributed by atoms with Gasteiger partial charge in [0.1, 0.15) is 6.04 Å². The Bertz CT molecular complexity index is 490. The maximum absolute atomic E-state index is 12.4. The van der Waals surface area contributed by atoms with Crippen molar-refractivity contribution in [2.45, 2.75) is 46.2 Å². The lowest BCUT2D eigenvalue weighted by atomic mass is 9.99. The van der Waals surface area contributed by atoms with Crippen molar-refractivity contribution in [3.8, 4) is 0 Å². The first kappa shape index (κ1) is 17.9. The van der Waals surface area contributed by atoms with Crippen LogP contribution in [0.2, 0.25) is 0 Å². The second kappa shape index (κ2) is 7.22. The molecule has 1 saturated heterocycles. The Morgan fingerprint density at radius 2 is 2.05 bits per heavy atom. The summed E-state index contributed by atoms with van der Waals surface area (Å²) in [5.74, 6) is -0.348. The molecule has 0 saturated carbocycles. The van der Waals surface area contributed by atoms with Crippen molar-refractivity contribution in [3.05, 3.63) is 0 Å². The van der Waals surface area contributed by atoms with Gasteiger partial charge in [-0.1, -0.05) is 13.8 Å². The molecule has 21 heavy (non-hydrogen) atoms. The topological polar surface area (TPSA) is 95.6 Å². The molecule has 2 amide bonds. The highest BCUT2D eigenvalue weighted by molar-refractivity contribution is 7.89. The molecule has 0 aliphatic carbocycles. The first-order valence-corrected chi connectivity index (χ1v) is 8.91. The Morgan fingerprint density at radius 1 is 1.43 bits per heavy atom. The minimum Gasteiger partial charge on any atom is -0.353 e. The van der Waals surface area contributed by atoms with Gasteiger partial charge >= 0.3 is 0 Å². The number of carbonyl (C=O) groups excluding carboxylic acids is 2. The van der Waals surface area contributed by atoms with Gasteiger partial charge in [-0.15, -0.1) is 0 Å². The van der Waals surface area contributed by atoms with Crippen LogP contribution in [0.15, 0.2) is 0 Å². The minimum atomic E-state index is -3.45. The lowest BCUT2D eigenvalue weighted by Crippen LogP contribution is -2.61. The van der Waals surface area contributed by atoms with Crippen LogP contribution in [-0.2, 0) is 19.6 Å². The maximum Gasteiger partial charge on any atom is 0.242 e. The molecular formula is C13H25N3O4S. The number of carbonyl (C=O) groups is 2. The lowest BCUT2D eigenvalue weighted by Gasteiger charge is -2.37. The van der Waals surface area contributed by atoms with E-state index in [4.69, 9.17) is 0 Å². The molecule has 0 aromatic heterocycles. The van der Waals surface area contributed by atoms with Crippen LogP contribution in [0.25, 0.3) is 0 Å². The molecule has 122 valence electrons. The molecule has 2 N–H and O–H groups in total. The van der Waals surface area contributed by atoms with E-state index in [0.29, 0.717) is 19.5 Å². The van der Waals surface area contributed by atoms with E-state index in [1.54, 1.807) is 0 Å². The van der Waals surface area contributed by atoms with E-state index in [0.717, 1.165) is 0 Å². The van der Waals surface area contributed by atoms with E-state index >= 15 is 0 Å². The number of hydrogen-bond acceptors (Lipinski definition) is 4. The Labute approximate surface area is 126 Å². The second-order valence-electron chi connectivity index (χ2n) is 5.71. The van der Waals surface area contributed by atoms with Gasteiger partial charge in [-0.05, 0) is 26.2 Å². The molecule has 1 aliphatic heterocycles. The molecule has 1 fully saturated rings.